The smallest absolute Gasteiger partial charge is 0.155 e. The van der Waals surface area contributed by atoms with E-state index in [0.717, 1.165) is 29.0 Å². The number of benzene rings is 5. The molecule has 1 heterocycles. The molecule has 250 valence electrons. The van der Waals surface area contributed by atoms with E-state index in [9.17, 15) is 0 Å². The molecule has 0 N–H and O–H groups in total. The van der Waals surface area contributed by atoms with Gasteiger partial charge >= 0.3 is 0 Å². The lowest BCUT2D eigenvalue weighted by Gasteiger charge is -2.77. The minimum Gasteiger partial charge on any atom is -0.454 e. The summed E-state index contributed by atoms with van der Waals surface area (Å²) in [6.07, 6.45) is 8.08. The molecule has 0 amide bonds. The van der Waals surface area contributed by atoms with Crippen LogP contribution in [-0.2, 0) is 16.2 Å². The molecule has 4 saturated carbocycles. The van der Waals surface area contributed by atoms with E-state index in [2.05, 4.69) is 148 Å². The van der Waals surface area contributed by atoms with Crippen molar-refractivity contribution in [3.05, 3.63) is 138 Å². The molecule has 2 spiro atoms. The van der Waals surface area contributed by atoms with Crippen LogP contribution in [0.5, 0.6) is 11.5 Å². The third-order valence-electron chi connectivity index (χ3n) is 15.0. The normalized spacial score (nSPS) is 31.0. The first-order valence-electron chi connectivity index (χ1n) is 19.2. The second-order valence-electron chi connectivity index (χ2n) is 18.1. The van der Waals surface area contributed by atoms with E-state index in [0.29, 0.717) is 17.3 Å². The van der Waals surface area contributed by atoms with Gasteiger partial charge in [-0.3, -0.25) is 0 Å². The van der Waals surface area contributed by atoms with E-state index >= 15 is 0 Å². The first-order valence-corrected chi connectivity index (χ1v) is 19.2. The monoisotopic (exact) mass is 653 g/mol. The maximum Gasteiger partial charge on any atom is 0.155 e. The molecule has 5 aliphatic carbocycles. The van der Waals surface area contributed by atoms with Crippen LogP contribution in [0.15, 0.2) is 115 Å². The molecule has 1 aliphatic heterocycles. The summed E-state index contributed by atoms with van der Waals surface area (Å²) in [5, 5.41) is 0. The minimum atomic E-state index is 0.0179. The fourth-order valence-electron chi connectivity index (χ4n) is 12.8. The van der Waals surface area contributed by atoms with Gasteiger partial charge in [0.2, 0.25) is 0 Å². The number of hydrogen-bond donors (Lipinski definition) is 0. The summed E-state index contributed by atoms with van der Waals surface area (Å²) >= 11 is 0. The molecule has 6 aliphatic rings. The van der Waals surface area contributed by atoms with E-state index in [1.54, 1.807) is 0 Å². The zero-order chi connectivity index (χ0) is 33.6. The molecule has 0 radical (unpaired) electrons. The molecular weight excluding hydrogens is 607 g/mol. The van der Waals surface area contributed by atoms with Crippen LogP contribution < -0.4 is 9.64 Å². The molecule has 50 heavy (non-hydrogen) atoms. The van der Waals surface area contributed by atoms with Gasteiger partial charge in [0.1, 0.15) is 5.75 Å². The lowest BCUT2D eigenvalue weighted by molar-refractivity contribution is -0.235. The standard InChI is InChI=1S/C48H47NO/c1-45(2)22-23-46(3,4)39-28-35(19-21-36(39)45)49(34-14-9-6-10-15-34)40-17-11-16-38-44(40)50-41-26-32(31-12-7-5-8-13-31)18-20-37(41)48(38)42-25-30-24-33-27-43(48)47(33,42)29-30/h5-21,26,28,30,33,42-43H,22-25,27,29H2,1-4H3. The van der Waals surface area contributed by atoms with Crippen LogP contribution in [0.1, 0.15) is 88.5 Å². The van der Waals surface area contributed by atoms with Gasteiger partial charge in [-0.2, -0.15) is 0 Å². The third kappa shape index (κ3) is 3.56. The van der Waals surface area contributed by atoms with Gasteiger partial charge in [-0.05, 0) is 137 Å². The van der Waals surface area contributed by atoms with Crippen molar-refractivity contribution in [1.82, 2.24) is 0 Å². The van der Waals surface area contributed by atoms with Gasteiger partial charge in [0, 0.05) is 27.9 Å². The molecule has 5 aromatic rings. The van der Waals surface area contributed by atoms with Gasteiger partial charge in [-0.25, -0.2) is 0 Å². The molecule has 2 nitrogen and oxygen atoms in total. The Kier molecular flexibility index (Phi) is 5.72. The summed E-state index contributed by atoms with van der Waals surface area (Å²) in [5.41, 5.74) is 12.7. The predicted molar refractivity (Wildman–Crippen MR) is 204 cm³/mol. The number of anilines is 3. The number of fused-ring (bicyclic) bond motifs is 8. The van der Waals surface area contributed by atoms with Crippen LogP contribution in [0, 0.1) is 29.1 Å². The van der Waals surface area contributed by atoms with E-state index in [1.165, 1.54) is 83.3 Å². The lowest BCUT2D eigenvalue weighted by atomic mass is 9.26. The second kappa shape index (κ2) is 9.72. The minimum absolute atomic E-state index is 0.0179. The summed E-state index contributed by atoms with van der Waals surface area (Å²) in [4.78, 5) is 2.50. The van der Waals surface area contributed by atoms with Gasteiger partial charge < -0.3 is 9.64 Å². The Balaban J connectivity index is 1.14. The van der Waals surface area contributed by atoms with Crippen molar-refractivity contribution in [3.8, 4) is 22.6 Å². The van der Waals surface area contributed by atoms with Crippen LogP contribution in [0.4, 0.5) is 17.1 Å². The maximum atomic E-state index is 7.36. The molecule has 6 unspecified atom stereocenters. The Labute approximate surface area is 297 Å². The summed E-state index contributed by atoms with van der Waals surface area (Å²) in [6.45, 7) is 9.71. The summed E-state index contributed by atoms with van der Waals surface area (Å²) < 4.78 is 7.36. The van der Waals surface area contributed by atoms with E-state index < -0.39 is 0 Å². The van der Waals surface area contributed by atoms with Crippen molar-refractivity contribution in [3.63, 3.8) is 0 Å². The fourth-order valence-corrected chi connectivity index (χ4v) is 12.8. The highest BCUT2D eigenvalue weighted by atomic mass is 16.5. The zero-order valence-corrected chi connectivity index (χ0v) is 29.9. The Morgan fingerprint density at radius 1 is 0.580 bits per heavy atom. The highest BCUT2D eigenvalue weighted by Crippen LogP contribution is 2.89. The molecule has 6 atom stereocenters. The topological polar surface area (TPSA) is 12.5 Å². The fraction of sp³-hybridized carbons (Fsp3) is 0.375. The largest absolute Gasteiger partial charge is 0.454 e. The highest BCUT2D eigenvalue weighted by Gasteiger charge is 2.84. The summed E-state index contributed by atoms with van der Waals surface area (Å²) in [5.74, 6) is 5.37. The Bertz CT molecular complexity index is 2200. The predicted octanol–water partition coefficient (Wildman–Crippen LogP) is 12.6. The molecule has 11 rings (SSSR count). The van der Waals surface area contributed by atoms with Crippen molar-refractivity contribution < 1.29 is 4.74 Å². The van der Waals surface area contributed by atoms with Crippen LogP contribution in [0.2, 0.25) is 0 Å². The number of nitrogens with zero attached hydrogens (tertiary/aromatic N) is 1. The third-order valence-corrected chi connectivity index (χ3v) is 15.0. The summed E-state index contributed by atoms with van der Waals surface area (Å²) in [6, 6.07) is 43.4. The molecular formula is C48H47NO. The molecule has 4 fully saturated rings. The first-order chi connectivity index (χ1) is 24.2. The van der Waals surface area contributed by atoms with Crippen LogP contribution in [0.3, 0.4) is 0 Å². The van der Waals surface area contributed by atoms with Crippen LogP contribution in [0.25, 0.3) is 11.1 Å². The Morgan fingerprint density at radius 3 is 2.08 bits per heavy atom. The lowest BCUT2D eigenvalue weighted by Crippen LogP contribution is -2.74. The maximum absolute atomic E-state index is 7.36. The second-order valence-corrected chi connectivity index (χ2v) is 18.1. The van der Waals surface area contributed by atoms with Gasteiger partial charge in [0.05, 0.1) is 5.69 Å². The highest BCUT2D eigenvalue weighted by molar-refractivity contribution is 5.84. The number of hydrogen-bond acceptors (Lipinski definition) is 2. The van der Waals surface area contributed by atoms with Crippen LogP contribution >= 0.6 is 0 Å². The Morgan fingerprint density at radius 2 is 1.30 bits per heavy atom. The van der Waals surface area contributed by atoms with Crippen molar-refractivity contribution in [2.24, 2.45) is 29.1 Å². The van der Waals surface area contributed by atoms with Crippen molar-refractivity contribution in [1.29, 1.82) is 0 Å². The van der Waals surface area contributed by atoms with E-state index in [-0.39, 0.29) is 16.2 Å². The van der Waals surface area contributed by atoms with Crippen molar-refractivity contribution in [2.45, 2.75) is 82.5 Å². The van der Waals surface area contributed by atoms with Gasteiger partial charge in [0.15, 0.2) is 5.75 Å². The number of para-hydroxylation sites is 2. The van der Waals surface area contributed by atoms with E-state index in [1.807, 2.05) is 0 Å². The summed E-state index contributed by atoms with van der Waals surface area (Å²) in [7, 11) is 0. The van der Waals surface area contributed by atoms with E-state index in [4.69, 9.17) is 4.74 Å². The molecule has 0 saturated heterocycles. The molecule has 2 bridgehead atoms. The quantitative estimate of drug-likeness (QED) is 0.191. The number of rotatable bonds is 4. The average Bonchev–Trinajstić information content (AvgIpc) is 3.66. The van der Waals surface area contributed by atoms with Crippen molar-refractivity contribution >= 4 is 17.1 Å². The Hall–Kier alpha value is -4.30. The number of ether oxygens (including phenoxy) is 1. The average molecular weight is 654 g/mol. The molecule has 2 heteroatoms. The zero-order valence-electron chi connectivity index (χ0n) is 29.9. The first kappa shape index (κ1) is 29.4. The van der Waals surface area contributed by atoms with Crippen LogP contribution in [-0.4, -0.2) is 0 Å². The molecule has 0 aromatic heterocycles. The SMILES string of the molecule is CC1(C)CCC(C)(C)c2cc(N(c3ccccc3)c3cccc4c3Oc3cc(-c5ccccc5)ccc3C43C4CC5CC6CC3C64C5)ccc21. The van der Waals surface area contributed by atoms with Gasteiger partial charge in [0.25, 0.3) is 0 Å². The van der Waals surface area contributed by atoms with Gasteiger partial charge in [-0.15, -0.1) is 0 Å². The van der Waals surface area contributed by atoms with Crippen molar-refractivity contribution in [2.75, 3.05) is 4.90 Å². The van der Waals surface area contributed by atoms with Gasteiger partial charge in [-0.1, -0.05) is 107 Å². The molecule has 5 aromatic carbocycles.